The minimum atomic E-state index is 0.722. The summed E-state index contributed by atoms with van der Waals surface area (Å²) in [6.07, 6.45) is 2.85. The number of nitrogens with two attached hydrogens (primary N) is 1. The van der Waals surface area contributed by atoms with Gasteiger partial charge in [-0.1, -0.05) is 12.1 Å². The lowest BCUT2D eigenvalue weighted by molar-refractivity contribution is 0.112. The second-order valence-electron chi connectivity index (χ2n) is 2.84. The van der Waals surface area contributed by atoms with Crippen LogP contribution >= 0.6 is 23.1 Å². The zero-order valence-electron chi connectivity index (χ0n) is 7.61. The van der Waals surface area contributed by atoms with Crippen LogP contribution in [0.5, 0.6) is 0 Å². The molecule has 0 atom stereocenters. The Kier molecular flexibility index (Phi) is 2.48. The van der Waals surface area contributed by atoms with E-state index in [1.165, 1.54) is 11.3 Å². The maximum absolute atomic E-state index is 10.9. The molecule has 0 radical (unpaired) electrons. The van der Waals surface area contributed by atoms with E-state index in [1.807, 2.05) is 24.5 Å². The van der Waals surface area contributed by atoms with Gasteiger partial charge in [-0.15, -0.1) is 23.1 Å². The summed E-state index contributed by atoms with van der Waals surface area (Å²) >= 11 is 3.12. The predicted molar refractivity (Wildman–Crippen MR) is 63.4 cm³/mol. The van der Waals surface area contributed by atoms with Gasteiger partial charge in [0.05, 0.1) is 0 Å². The molecule has 0 bridgehead atoms. The Labute approximate surface area is 90.1 Å². The van der Waals surface area contributed by atoms with Gasteiger partial charge in [0.15, 0.2) is 6.29 Å². The number of carbonyl (C=O) groups excluding carboxylic acids is 1. The normalized spacial score (nSPS) is 10.6. The number of rotatable bonds is 2. The topological polar surface area (TPSA) is 43.1 Å². The van der Waals surface area contributed by atoms with Gasteiger partial charge in [-0.2, -0.15) is 0 Å². The number of thiophene rings is 1. The Morgan fingerprint density at radius 1 is 1.50 bits per heavy atom. The Bertz CT molecular complexity index is 490. The van der Waals surface area contributed by atoms with E-state index in [2.05, 4.69) is 0 Å². The molecule has 0 spiro atoms. The van der Waals surface area contributed by atoms with Crippen molar-refractivity contribution in [3.63, 3.8) is 0 Å². The molecule has 2 aromatic rings. The third kappa shape index (κ3) is 1.31. The van der Waals surface area contributed by atoms with Crippen molar-refractivity contribution in [3.8, 4) is 0 Å². The van der Waals surface area contributed by atoms with Crippen LogP contribution in [0, 0.1) is 0 Å². The van der Waals surface area contributed by atoms with Crippen molar-refractivity contribution in [1.82, 2.24) is 0 Å². The van der Waals surface area contributed by atoms with Gasteiger partial charge in [-0.3, -0.25) is 4.79 Å². The smallest absolute Gasteiger partial charge is 0.150 e. The molecule has 2 rings (SSSR count). The molecule has 0 saturated heterocycles. The zero-order valence-corrected chi connectivity index (χ0v) is 9.24. The number of hydrogen-bond acceptors (Lipinski definition) is 4. The third-order valence-electron chi connectivity index (χ3n) is 2.06. The monoisotopic (exact) mass is 223 g/mol. The second-order valence-corrected chi connectivity index (χ2v) is 4.74. The first-order chi connectivity index (χ1) is 6.77. The molecule has 0 aliphatic carbocycles. The lowest BCUT2D eigenvalue weighted by Gasteiger charge is -1.97. The quantitative estimate of drug-likeness (QED) is 0.628. The molecule has 0 aliphatic heterocycles. The van der Waals surface area contributed by atoms with Crippen molar-refractivity contribution in [2.45, 2.75) is 4.90 Å². The molecule has 72 valence electrons. The SMILES string of the molecule is CSc1c(N)sc2cccc(C=O)c12. The van der Waals surface area contributed by atoms with Crippen LogP contribution in [0.25, 0.3) is 10.1 Å². The summed E-state index contributed by atoms with van der Waals surface area (Å²) in [5, 5.41) is 1.79. The highest BCUT2D eigenvalue weighted by Crippen LogP contribution is 2.40. The molecular weight excluding hydrogens is 214 g/mol. The van der Waals surface area contributed by atoms with Crippen LogP contribution in [-0.2, 0) is 0 Å². The molecule has 1 heterocycles. The Morgan fingerprint density at radius 2 is 2.29 bits per heavy atom. The van der Waals surface area contributed by atoms with E-state index in [0.29, 0.717) is 0 Å². The van der Waals surface area contributed by atoms with E-state index in [0.717, 1.165) is 31.8 Å². The lowest BCUT2D eigenvalue weighted by Crippen LogP contribution is -1.83. The number of benzene rings is 1. The fourth-order valence-electron chi connectivity index (χ4n) is 1.47. The van der Waals surface area contributed by atoms with Gasteiger partial charge in [0.1, 0.15) is 5.00 Å². The van der Waals surface area contributed by atoms with E-state index in [9.17, 15) is 4.79 Å². The molecule has 1 aromatic carbocycles. The number of hydrogen-bond donors (Lipinski definition) is 1. The van der Waals surface area contributed by atoms with Crippen LogP contribution in [0.2, 0.25) is 0 Å². The summed E-state index contributed by atoms with van der Waals surface area (Å²) in [4.78, 5) is 11.9. The average molecular weight is 223 g/mol. The van der Waals surface area contributed by atoms with E-state index >= 15 is 0 Å². The largest absolute Gasteiger partial charge is 0.390 e. The summed E-state index contributed by atoms with van der Waals surface area (Å²) in [7, 11) is 0. The van der Waals surface area contributed by atoms with Crippen molar-refractivity contribution in [1.29, 1.82) is 0 Å². The first-order valence-electron chi connectivity index (χ1n) is 4.08. The molecule has 4 heteroatoms. The molecule has 0 unspecified atom stereocenters. The number of nitrogen functional groups attached to an aromatic ring is 1. The Balaban J connectivity index is 2.89. The molecule has 2 N–H and O–H groups in total. The standard InChI is InChI=1S/C10H9NOS2/c1-13-9-8-6(5-12)3-2-4-7(8)14-10(9)11/h2-5H,11H2,1H3. The molecule has 0 saturated carbocycles. The van der Waals surface area contributed by atoms with Crippen molar-refractivity contribution in [2.24, 2.45) is 0 Å². The third-order valence-corrected chi connectivity index (χ3v) is 4.01. The van der Waals surface area contributed by atoms with E-state index in [4.69, 9.17) is 5.73 Å². The van der Waals surface area contributed by atoms with Crippen molar-refractivity contribution in [3.05, 3.63) is 23.8 Å². The fourth-order valence-corrected chi connectivity index (χ4v) is 3.44. The summed E-state index contributed by atoms with van der Waals surface area (Å²) in [6, 6.07) is 5.69. The van der Waals surface area contributed by atoms with Crippen LogP contribution in [0.15, 0.2) is 23.1 Å². The van der Waals surface area contributed by atoms with Gasteiger partial charge >= 0.3 is 0 Å². The van der Waals surface area contributed by atoms with Crippen LogP contribution in [0.3, 0.4) is 0 Å². The second kappa shape index (κ2) is 3.63. The number of aldehydes is 1. The van der Waals surface area contributed by atoms with Crippen molar-refractivity contribution >= 4 is 44.5 Å². The fraction of sp³-hybridized carbons (Fsp3) is 0.100. The van der Waals surface area contributed by atoms with Gasteiger partial charge in [0.2, 0.25) is 0 Å². The molecule has 0 fully saturated rings. The average Bonchev–Trinajstić information content (AvgIpc) is 2.52. The minimum absolute atomic E-state index is 0.722. The van der Waals surface area contributed by atoms with Gasteiger partial charge < -0.3 is 5.73 Å². The van der Waals surface area contributed by atoms with Crippen LogP contribution in [0.1, 0.15) is 10.4 Å². The summed E-state index contributed by atoms with van der Waals surface area (Å²) < 4.78 is 1.08. The molecule has 1 aromatic heterocycles. The van der Waals surface area contributed by atoms with Crippen LogP contribution < -0.4 is 5.73 Å². The van der Waals surface area contributed by atoms with Gasteiger partial charge in [0, 0.05) is 20.5 Å². The first kappa shape index (κ1) is 9.55. The van der Waals surface area contributed by atoms with Gasteiger partial charge in [-0.25, -0.2) is 0 Å². The number of carbonyl (C=O) groups is 1. The molecule has 0 aliphatic rings. The summed E-state index contributed by atoms with van der Waals surface area (Å²) in [5.74, 6) is 0. The van der Waals surface area contributed by atoms with E-state index < -0.39 is 0 Å². The number of thioether (sulfide) groups is 1. The number of anilines is 1. The minimum Gasteiger partial charge on any atom is -0.390 e. The van der Waals surface area contributed by atoms with Crippen LogP contribution in [0.4, 0.5) is 5.00 Å². The maximum Gasteiger partial charge on any atom is 0.150 e. The van der Waals surface area contributed by atoms with Crippen molar-refractivity contribution in [2.75, 3.05) is 12.0 Å². The number of fused-ring (bicyclic) bond motifs is 1. The van der Waals surface area contributed by atoms with Crippen LogP contribution in [-0.4, -0.2) is 12.5 Å². The lowest BCUT2D eigenvalue weighted by atomic mass is 10.1. The molecular formula is C10H9NOS2. The van der Waals surface area contributed by atoms with E-state index in [-0.39, 0.29) is 0 Å². The van der Waals surface area contributed by atoms with Crippen molar-refractivity contribution < 1.29 is 4.79 Å². The molecule has 14 heavy (non-hydrogen) atoms. The zero-order chi connectivity index (χ0) is 10.1. The molecule has 2 nitrogen and oxygen atoms in total. The predicted octanol–water partition coefficient (Wildman–Crippen LogP) is 3.02. The summed E-state index contributed by atoms with van der Waals surface area (Å²) in [5.41, 5.74) is 6.59. The summed E-state index contributed by atoms with van der Waals surface area (Å²) in [6.45, 7) is 0. The highest BCUT2D eigenvalue weighted by Gasteiger charge is 2.11. The Morgan fingerprint density at radius 3 is 2.93 bits per heavy atom. The van der Waals surface area contributed by atoms with Gasteiger partial charge in [0.25, 0.3) is 0 Å². The van der Waals surface area contributed by atoms with E-state index in [1.54, 1.807) is 11.8 Å². The Hall–Kier alpha value is -1.00. The van der Waals surface area contributed by atoms with Gasteiger partial charge in [-0.05, 0) is 12.3 Å². The highest BCUT2D eigenvalue weighted by molar-refractivity contribution is 7.99. The first-order valence-corrected chi connectivity index (χ1v) is 6.12. The molecule has 0 amide bonds. The highest BCUT2D eigenvalue weighted by atomic mass is 32.2. The maximum atomic E-state index is 10.9.